The Morgan fingerprint density at radius 3 is 2.60 bits per heavy atom. The Kier molecular flexibility index (Phi) is 4.25. The quantitative estimate of drug-likeness (QED) is 0.757. The number of aliphatic hydroxyl groups is 1. The highest BCUT2D eigenvalue weighted by Gasteiger charge is 2.54. The van der Waals surface area contributed by atoms with E-state index in [0.29, 0.717) is 42.9 Å². The number of fused-ring (bicyclic) bond motifs is 3. The molecule has 1 aromatic heterocycles. The molecule has 2 bridgehead atoms. The largest absolute Gasteiger partial charge is 0.479 e. The van der Waals surface area contributed by atoms with Crippen molar-refractivity contribution in [2.24, 2.45) is 7.05 Å². The Bertz CT molecular complexity index is 1110. The number of sulfonamides is 1. The number of benzene rings is 1. The summed E-state index contributed by atoms with van der Waals surface area (Å²) >= 11 is 0. The molecule has 160 valence electrons. The number of piperidine rings is 1. The molecule has 0 radical (unpaired) electrons. The van der Waals surface area contributed by atoms with Crippen LogP contribution in [0.25, 0.3) is 0 Å². The molecule has 2 aromatic rings. The van der Waals surface area contributed by atoms with Crippen LogP contribution in [0.2, 0.25) is 0 Å². The molecule has 2 N–H and O–H groups in total. The van der Waals surface area contributed by atoms with Gasteiger partial charge in [0.05, 0.1) is 10.6 Å². The van der Waals surface area contributed by atoms with E-state index in [-0.39, 0.29) is 22.9 Å². The van der Waals surface area contributed by atoms with Crippen molar-refractivity contribution in [3.63, 3.8) is 0 Å². The van der Waals surface area contributed by atoms with Crippen molar-refractivity contribution in [2.45, 2.75) is 61.3 Å². The average Bonchev–Trinajstić information content (AvgIpc) is 3.25. The number of imidazole rings is 1. The molecule has 0 unspecified atom stereocenters. The Morgan fingerprint density at radius 2 is 1.97 bits per heavy atom. The molecule has 3 aliphatic heterocycles. The molecule has 2 saturated heterocycles. The molecule has 5 rings (SSSR count). The van der Waals surface area contributed by atoms with E-state index >= 15 is 0 Å². The van der Waals surface area contributed by atoms with E-state index in [0.717, 1.165) is 0 Å². The van der Waals surface area contributed by atoms with Crippen molar-refractivity contribution in [2.75, 3.05) is 5.32 Å². The number of hydrogen-bond acceptors (Lipinski definition) is 6. The van der Waals surface area contributed by atoms with Crippen molar-refractivity contribution < 1.29 is 23.1 Å². The summed E-state index contributed by atoms with van der Waals surface area (Å²) in [5, 5.41) is 14.0. The van der Waals surface area contributed by atoms with Crippen molar-refractivity contribution in [1.29, 1.82) is 0 Å². The van der Waals surface area contributed by atoms with Crippen LogP contribution in [-0.2, 0) is 27.5 Å². The topological polar surface area (TPSA) is 114 Å². The molecule has 2 fully saturated rings. The van der Waals surface area contributed by atoms with Crippen LogP contribution in [0.1, 0.15) is 38.4 Å². The number of aryl methyl sites for hydroxylation is 1. The van der Waals surface area contributed by atoms with Crippen LogP contribution in [0.4, 0.5) is 5.69 Å². The maximum Gasteiger partial charge on any atom is 0.265 e. The summed E-state index contributed by atoms with van der Waals surface area (Å²) in [5.41, 5.74) is -0.794. The minimum absolute atomic E-state index is 0.110. The molecular formula is C20H24N4O5S. The van der Waals surface area contributed by atoms with Gasteiger partial charge in [0.25, 0.3) is 5.91 Å². The lowest BCUT2D eigenvalue weighted by Crippen LogP contribution is -2.52. The van der Waals surface area contributed by atoms with E-state index in [9.17, 15) is 18.3 Å². The summed E-state index contributed by atoms with van der Waals surface area (Å²) in [6.45, 7) is 1.64. The number of nitrogens with one attached hydrogen (secondary N) is 1. The number of ether oxygens (including phenoxy) is 1. The zero-order valence-corrected chi connectivity index (χ0v) is 17.6. The summed E-state index contributed by atoms with van der Waals surface area (Å²) in [5.74, 6) is 0.709. The Labute approximate surface area is 174 Å². The minimum Gasteiger partial charge on any atom is -0.479 e. The fourth-order valence-electron chi connectivity index (χ4n) is 5.04. The number of hydrogen-bond donors (Lipinski definition) is 2. The van der Waals surface area contributed by atoms with Gasteiger partial charge < -0.3 is 19.7 Å². The second kappa shape index (κ2) is 6.53. The first-order valence-electron chi connectivity index (χ1n) is 10.0. The third-order valence-corrected chi connectivity index (χ3v) is 8.40. The number of nitrogens with zero attached hydrogens (tertiary/aromatic N) is 3. The summed E-state index contributed by atoms with van der Waals surface area (Å²) < 4.78 is 35.9. The standard InChI is InChI=1S/C20H24N4O5S/c1-12-18(25)22-16-9-15(5-6-17(16)29-12)30(27,28)24-13-3-4-14(24)11-20(26,10-13)19-21-7-8-23(19)2/h5-9,12-14,26H,3-4,10-11H2,1-2H3,(H,22,25)/t12-,13-,14-/m0/s1. The molecule has 0 saturated carbocycles. The van der Waals surface area contributed by atoms with Crippen molar-refractivity contribution in [1.82, 2.24) is 13.9 Å². The number of anilines is 1. The van der Waals surface area contributed by atoms with Crippen molar-refractivity contribution in [3.8, 4) is 5.75 Å². The van der Waals surface area contributed by atoms with Gasteiger partial charge in [0.1, 0.15) is 17.2 Å². The van der Waals surface area contributed by atoms with Crippen LogP contribution < -0.4 is 10.1 Å². The number of rotatable bonds is 3. The smallest absolute Gasteiger partial charge is 0.265 e. The zero-order chi connectivity index (χ0) is 21.3. The van der Waals surface area contributed by atoms with E-state index in [4.69, 9.17) is 4.74 Å². The van der Waals surface area contributed by atoms with Gasteiger partial charge in [-0.05, 0) is 38.0 Å². The molecule has 1 aromatic carbocycles. The van der Waals surface area contributed by atoms with Crippen LogP contribution in [0.3, 0.4) is 0 Å². The monoisotopic (exact) mass is 432 g/mol. The number of carbonyl (C=O) groups is 1. The maximum atomic E-state index is 13.5. The van der Waals surface area contributed by atoms with Crippen molar-refractivity contribution >= 4 is 21.6 Å². The van der Waals surface area contributed by atoms with Gasteiger partial charge in [-0.25, -0.2) is 13.4 Å². The molecule has 30 heavy (non-hydrogen) atoms. The van der Waals surface area contributed by atoms with Gasteiger partial charge in [0, 0.05) is 44.4 Å². The zero-order valence-electron chi connectivity index (χ0n) is 16.8. The van der Waals surface area contributed by atoms with Gasteiger partial charge in [-0.2, -0.15) is 4.31 Å². The SMILES string of the molecule is C[C@@H]1Oc2ccc(S(=O)(=O)N3[C@H]4CC[C@H]3CC(O)(c3nccn3C)C4)cc2NC1=O. The van der Waals surface area contributed by atoms with Crippen LogP contribution in [0.15, 0.2) is 35.5 Å². The highest BCUT2D eigenvalue weighted by Crippen LogP contribution is 2.47. The fraction of sp³-hybridized carbons (Fsp3) is 0.500. The molecule has 10 heteroatoms. The van der Waals surface area contributed by atoms with E-state index < -0.39 is 21.7 Å². The number of aromatic nitrogens is 2. The lowest BCUT2D eigenvalue weighted by molar-refractivity contribution is -0.122. The highest BCUT2D eigenvalue weighted by atomic mass is 32.2. The first kappa shape index (κ1) is 19.5. The second-order valence-electron chi connectivity index (χ2n) is 8.43. The number of amides is 1. The average molecular weight is 433 g/mol. The van der Waals surface area contributed by atoms with E-state index in [1.54, 1.807) is 34.3 Å². The van der Waals surface area contributed by atoms with E-state index in [1.165, 1.54) is 12.1 Å². The lowest BCUT2D eigenvalue weighted by Gasteiger charge is -2.42. The summed E-state index contributed by atoms with van der Waals surface area (Å²) in [6.07, 6.45) is 4.79. The first-order valence-corrected chi connectivity index (χ1v) is 11.5. The van der Waals surface area contributed by atoms with Crippen LogP contribution >= 0.6 is 0 Å². The predicted octanol–water partition coefficient (Wildman–Crippen LogP) is 1.34. The second-order valence-corrected chi connectivity index (χ2v) is 10.3. The van der Waals surface area contributed by atoms with Crippen LogP contribution in [-0.4, -0.2) is 51.5 Å². The van der Waals surface area contributed by atoms with Crippen molar-refractivity contribution in [3.05, 3.63) is 36.4 Å². The molecule has 1 amide bonds. The maximum absolute atomic E-state index is 13.5. The van der Waals surface area contributed by atoms with Crippen LogP contribution in [0.5, 0.6) is 5.75 Å². The molecular weight excluding hydrogens is 408 g/mol. The fourth-order valence-corrected chi connectivity index (χ4v) is 6.94. The van der Waals surface area contributed by atoms with Gasteiger partial charge >= 0.3 is 0 Å². The minimum atomic E-state index is -3.80. The van der Waals surface area contributed by atoms with E-state index in [1.807, 2.05) is 7.05 Å². The number of carbonyl (C=O) groups excluding carboxylic acids is 1. The van der Waals surface area contributed by atoms with E-state index in [2.05, 4.69) is 10.3 Å². The predicted molar refractivity (Wildman–Crippen MR) is 107 cm³/mol. The summed E-state index contributed by atoms with van der Waals surface area (Å²) in [6, 6.07) is 3.92. The Hall–Kier alpha value is -2.43. The molecule has 0 aliphatic carbocycles. The van der Waals surface area contributed by atoms with Crippen LogP contribution in [0, 0.1) is 0 Å². The molecule has 4 heterocycles. The third-order valence-electron chi connectivity index (χ3n) is 6.39. The van der Waals surface area contributed by atoms with Gasteiger partial charge in [-0.1, -0.05) is 0 Å². The normalized spacial score (nSPS) is 31.2. The Balaban J connectivity index is 1.46. The molecule has 0 spiro atoms. The van der Waals surface area contributed by atoms with Gasteiger partial charge in [0.2, 0.25) is 10.0 Å². The van der Waals surface area contributed by atoms with Gasteiger partial charge in [-0.15, -0.1) is 0 Å². The molecule has 9 nitrogen and oxygen atoms in total. The molecule has 3 atom stereocenters. The molecule has 3 aliphatic rings. The van der Waals surface area contributed by atoms with Gasteiger partial charge in [-0.3, -0.25) is 4.79 Å². The Morgan fingerprint density at radius 1 is 1.27 bits per heavy atom. The summed E-state index contributed by atoms with van der Waals surface area (Å²) in [7, 11) is -1.97. The van der Waals surface area contributed by atoms with Gasteiger partial charge in [0.15, 0.2) is 6.10 Å². The first-order chi connectivity index (χ1) is 14.2. The lowest BCUT2D eigenvalue weighted by atomic mass is 9.86. The summed E-state index contributed by atoms with van der Waals surface area (Å²) in [4.78, 5) is 16.3. The highest BCUT2D eigenvalue weighted by molar-refractivity contribution is 7.89. The third kappa shape index (κ3) is 2.85.